The van der Waals surface area contributed by atoms with E-state index in [1.807, 2.05) is 24.3 Å². The molecular weight excluding hydrogens is 262 g/mol. The first-order chi connectivity index (χ1) is 9.29. The number of urea groups is 1. The molecule has 1 heterocycles. The quantitative estimate of drug-likeness (QED) is 0.796. The minimum atomic E-state index is -0.171. The molecule has 2 rings (SSSR count). The number of fused-ring (bicyclic) bond motifs is 1. The van der Waals surface area contributed by atoms with Gasteiger partial charge in [-0.15, -0.1) is 11.3 Å². The van der Waals surface area contributed by atoms with Gasteiger partial charge >= 0.3 is 6.03 Å². The summed E-state index contributed by atoms with van der Waals surface area (Å²) >= 11 is 1.60. The maximum absolute atomic E-state index is 11.5. The zero-order chi connectivity index (χ0) is 13.5. The standard InChI is InChI=1S/C13H17N3O2S/c1-18-8-4-7-14-13(17)15-9-12-16-10-5-2-3-6-11(10)19-12/h2-3,5-6H,4,7-9H2,1H3,(H2,14,15,17). The van der Waals surface area contributed by atoms with Gasteiger partial charge in [-0.1, -0.05) is 12.1 Å². The van der Waals surface area contributed by atoms with Crippen molar-refractivity contribution in [3.63, 3.8) is 0 Å². The van der Waals surface area contributed by atoms with Crippen molar-refractivity contribution < 1.29 is 9.53 Å². The van der Waals surface area contributed by atoms with Crippen molar-refractivity contribution in [1.29, 1.82) is 0 Å². The Labute approximate surface area is 116 Å². The van der Waals surface area contributed by atoms with E-state index in [4.69, 9.17) is 4.74 Å². The molecule has 0 aliphatic carbocycles. The van der Waals surface area contributed by atoms with Gasteiger partial charge in [0.15, 0.2) is 0 Å². The number of rotatable bonds is 6. The lowest BCUT2D eigenvalue weighted by molar-refractivity contribution is 0.193. The first-order valence-electron chi connectivity index (χ1n) is 6.14. The second-order valence-corrected chi connectivity index (χ2v) is 5.15. The van der Waals surface area contributed by atoms with Gasteiger partial charge in [0.05, 0.1) is 16.8 Å². The molecule has 5 nitrogen and oxygen atoms in total. The molecule has 1 aromatic heterocycles. The SMILES string of the molecule is COCCCNC(=O)NCc1nc2ccccc2s1. The number of carbonyl (C=O) groups excluding carboxylic acids is 1. The highest BCUT2D eigenvalue weighted by molar-refractivity contribution is 7.18. The molecule has 19 heavy (non-hydrogen) atoms. The van der Waals surface area contributed by atoms with Crippen LogP contribution in [0.25, 0.3) is 10.2 Å². The van der Waals surface area contributed by atoms with Crippen molar-refractivity contribution in [2.75, 3.05) is 20.3 Å². The first kappa shape index (κ1) is 13.8. The summed E-state index contributed by atoms with van der Waals surface area (Å²) in [5.74, 6) is 0. The molecule has 0 aliphatic heterocycles. The maximum atomic E-state index is 11.5. The molecule has 2 aromatic rings. The van der Waals surface area contributed by atoms with Crippen LogP contribution in [0.4, 0.5) is 4.79 Å². The normalized spacial score (nSPS) is 10.6. The van der Waals surface area contributed by atoms with Crippen LogP contribution < -0.4 is 10.6 Å². The molecule has 6 heteroatoms. The molecular formula is C13H17N3O2S. The molecule has 0 bridgehead atoms. The van der Waals surface area contributed by atoms with Gasteiger partial charge in [-0.05, 0) is 18.6 Å². The van der Waals surface area contributed by atoms with Gasteiger partial charge in [0.1, 0.15) is 5.01 Å². The van der Waals surface area contributed by atoms with Gasteiger partial charge in [0.25, 0.3) is 0 Å². The van der Waals surface area contributed by atoms with Crippen LogP contribution in [0.5, 0.6) is 0 Å². The lowest BCUT2D eigenvalue weighted by Gasteiger charge is -2.05. The minimum Gasteiger partial charge on any atom is -0.385 e. The average Bonchev–Trinajstić information content (AvgIpc) is 2.84. The Morgan fingerprint density at radius 3 is 3.00 bits per heavy atom. The number of methoxy groups -OCH3 is 1. The molecule has 1 aromatic carbocycles. The van der Waals surface area contributed by atoms with Crippen LogP contribution in [-0.2, 0) is 11.3 Å². The highest BCUT2D eigenvalue weighted by Crippen LogP contribution is 2.21. The highest BCUT2D eigenvalue weighted by Gasteiger charge is 2.04. The second-order valence-electron chi connectivity index (χ2n) is 4.03. The van der Waals surface area contributed by atoms with E-state index >= 15 is 0 Å². The average molecular weight is 279 g/mol. The molecule has 0 saturated heterocycles. The fourth-order valence-corrected chi connectivity index (χ4v) is 2.54. The number of ether oxygens (including phenoxy) is 1. The molecule has 0 radical (unpaired) electrons. The van der Waals surface area contributed by atoms with Gasteiger partial charge in [0.2, 0.25) is 0 Å². The third-order valence-electron chi connectivity index (χ3n) is 2.55. The fraction of sp³-hybridized carbons (Fsp3) is 0.385. The van der Waals surface area contributed by atoms with E-state index in [0.717, 1.165) is 21.6 Å². The van der Waals surface area contributed by atoms with E-state index in [2.05, 4.69) is 15.6 Å². The highest BCUT2D eigenvalue weighted by atomic mass is 32.1. The number of benzene rings is 1. The van der Waals surface area contributed by atoms with E-state index in [9.17, 15) is 4.79 Å². The van der Waals surface area contributed by atoms with Crippen LogP contribution >= 0.6 is 11.3 Å². The van der Waals surface area contributed by atoms with E-state index < -0.39 is 0 Å². The molecule has 0 atom stereocenters. The number of hydrogen-bond donors (Lipinski definition) is 2. The zero-order valence-electron chi connectivity index (χ0n) is 10.8. The van der Waals surface area contributed by atoms with Crippen molar-refractivity contribution in [3.05, 3.63) is 29.3 Å². The van der Waals surface area contributed by atoms with Crippen molar-refractivity contribution in [1.82, 2.24) is 15.6 Å². The topological polar surface area (TPSA) is 63.2 Å². The largest absolute Gasteiger partial charge is 0.385 e. The third-order valence-corrected chi connectivity index (χ3v) is 3.59. The van der Waals surface area contributed by atoms with Crippen LogP contribution in [-0.4, -0.2) is 31.3 Å². The molecule has 0 unspecified atom stereocenters. The lowest BCUT2D eigenvalue weighted by atomic mass is 10.3. The van der Waals surface area contributed by atoms with Crippen LogP contribution in [0.1, 0.15) is 11.4 Å². The number of nitrogens with zero attached hydrogens (tertiary/aromatic N) is 1. The Kier molecular flexibility index (Phi) is 5.11. The van der Waals surface area contributed by atoms with Crippen molar-refractivity contribution in [2.45, 2.75) is 13.0 Å². The Morgan fingerprint density at radius 2 is 2.21 bits per heavy atom. The Bertz CT molecular complexity index is 508. The molecule has 0 saturated carbocycles. The van der Waals surface area contributed by atoms with Gasteiger partial charge in [-0.2, -0.15) is 0 Å². The van der Waals surface area contributed by atoms with Crippen LogP contribution in [0.15, 0.2) is 24.3 Å². The van der Waals surface area contributed by atoms with Crippen molar-refractivity contribution in [3.8, 4) is 0 Å². The molecule has 102 valence electrons. The Morgan fingerprint density at radius 1 is 1.37 bits per heavy atom. The summed E-state index contributed by atoms with van der Waals surface area (Å²) in [6.07, 6.45) is 0.811. The number of thiazole rings is 1. The van der Waals surface area contributed by atoms with Crippen LogP contribution in [0, 0.1) is 0 Å². The summed E-state index contributed by atoms with van der Waals surface area (Å²) in [5.41, 5.74) is 0.977. The molecule has 2 N–H and O–H groups in total. The summed E-state index contributed by atoms with van der Waals surface area (Å²) in [7, 11) is 1.65. The van der Waals surface area contributed by atoms with Gasteiger partial charge < -0.3 is 15.4 Å². The predicted octanol–water partition coefficient (Wildman–Crippen LogP) is 2.13. The first-order valence-corrected chi connectivity index (χ1v) is 6.96. The smallest absolute Gasteiger partial charge is 0.315 e. The van der Waals surface area contributed by atoms with Crippen molar-refractivity contribution in [2.24, 2.45) is 0 Å². The van der Waals surface area contributed by atoms with E-state index in [1.54, 1.807) is 18.4 Å². The molecule has 2 amide bonds. The number of carbonyl (C=O) groups is 1. The summed E-state index contributed by atoms with van der Waals surface area (Å²) in [6.45, 7) is 1.72. The van der Waals surface area contributed by atoms with Crippen molar-refractivity contribution >= 4 is 27.6 Å². The summed E-state index contributed by atoms with van der Waals surface area (Å²) in [5, 5.41) is 6.47. The van der Waals surface area contributed by atoms with Crippen LogP contribution in [0.3, 0.4) is 0 Å². The number of para-hydroxylation sites is 1. The zero-order valence-corrected chi connectivity index (χ0v) is 11.6. The monoisotopic (exact) mass is 279 g/mol. The fourth-order valence-electron chi connectivity index (χ4n) is 1.63. The predicted molar refractivity (Wildman–Crippen MR) is 76.4 cm³/mol. The summed E-state index contributed by atoms with van der Waals surface area (Å²) < 4.78 is 6.05. The Hall–Kier alpha value is -1.66. The second kappa shape index (κ2) is 7.06. The van der Waals surface area contributed by atoms with Gasteiger partial charge in [0, 0.05) is 20.3 Å². The number of hydrogen-bond acceptors (Lipinski definition) is 4. The molecule has 0 aliphatic rings. The summed E-state index contributed by atoms with van der Waals surface area (Å²) in [4.78, 5) is 16.0. The van der Waals surface area contributed by atoms with E-state index in [0.29, 0.717) is 19.7 Å². The maximum Gasteiger partial charge on any atom is 0.315 e. The Balaban J connectivity index is 1.77. The lowest BCUT2D eigenvalue weighted by Crippen LogP contribution is -2.35. The van der Waals surface area contributed by atoms with Crippen LogP contribution in [0.2, 0.25) is 0 Å². The molecule has 0 fully saturated rings. The number of nitrogens with one attached hydrogen (secondary N) is 2. The van der Waals surface area contributed by atoms with Gasteiger partial charge in [-0.25, -0.2) is 9.78 Å². The number of aromatic nitrogens is 1. The molecule has 0 spiro atoms. The summed E-state index contributed by atoms with van der Waals surface area (Å²) in [6, 6.07) is 7.78. The van der Waals surface area contributed by atoms with E-state index in [1.165, 1.54) is 0 Å². The number of amides is 2. The third kappa shape index (κ3) is 4.18. The van der Waals surface area contributed by atoms with E-state index in [-0.39, 0.29) is 6.03 Å². The van der Waals surface area contributed by atoms with Gasteiger partial charge in [-0.3, -0.25) is 0 Å². The minimum absolute atomic E-state index is 0.171.